The van der Waals surface area contributed by atoms with Gasteiger partial charge < -0.3 is 5.01 Å². The van der Waals surface area contributed by atoms with Crippen LogP contribution in [0.2, 0.25) is 0 Å². The van der Waals surface area contributed by atoms with E-state index in [1.807, 2.05) is 21.0 Å². The van der Waals surface area contributed by atoms with E-state index in [-0.39, 0.29) is 5.91 Å². The maximum absolute atomic E-state index is 11.2. The van der Waals surface area contributed by atoms with Crippen molar-refractivity contribution in [3.05, 3.63) is 0 Å². The number of carbonyl (C=O) groups excluding carboxylic acids is 1. The summed E-state index contributed by atoms with van der Waals surface area (Å²) in [4.78, 5) is 11.2. The van der Waals surface area contributed by atoms with Crippen molar-refractivity contribution in [1.82, 2.24) is 15.4 Å². The fourth-order valence-corrected chi connectivity index (χ4v) is 0.898. The van der Waals surface area contributed by atoms with Gasteiger partial charge in [0.2, 0.25) is 5.91 Å². The van der Waals surface area contributed by atoms with Gasteiger partial charge in [-0.05, 0) is 6.92 Å². The van der Waals surface area contributed by atoms with E-state index in [2.05, 4.69) is 10.5 Å². The van der Waals surface area contributed by atoms with Gasteiger partial charge in [-0.15, -0.1) is 0 Å². The summed E-state index contributed by atoms with van der Waals surface area (Å²) in [6.07, 6.45) is 0.330. The number of hydrazone groups is 1. The predicted octanol–water partition coefficient (Wildman–Crippen LogP) is -0.0932. The molecule has 76 valence electrons. The van der Waals surface area contributed by atoms with Crippen molar-refractivity contribution in [1.29, 1.82) is 0 Å². The molecule has 0 spiro atoms. The fourth-order valence-electron chi connectivity index (χ4n) is 0.898. The Morgan fingerprint density at radius 3 is 2.23 bits per heavy atom. The van der Waals surface area contributed by atoms with E-state index in [9.17, 15) is 4.79 Å². The lowest BCUT2D eigenvalue weighted by atomic mass is 10.3. The Balaban J connectivity index is 3.92. The van der Waals surface area contributed by atoms with E-state index in [0.717, 1.165) is 5.71 Å². The van der Waals surface area contributed by atoms with Crippen LogP contribution in [-0.4, -0.2) is 49.8 Å². The van der Waals surface area contributed by atoms with Crippen LogP contribution in [0.1, 0.15) is 13.3 Å². The largest absolute Gasteiger partial charge is 0.303 e. The van der Waals surface area contributed by atoms with Crippen molar-refractivity contribution >= 4 is 11.6 Å². The van der Waals surface area contributed by atoms with Crippen LogP contribution in [0.3, 0.4) is 0 Å². The minimum atomic E-state index is -0.0481. The normalized spacial score (nSPS) is 11.7. The zero-order valence-corrected chi connectivity index (χ0v) is 8.96. The van der Waals surface area contributed by atoms with Gasteiger partial charge in [-0.1, -0.05) is 0 Å². The first-order valence-electron chi connectivity index (χ1n) is 4.10. The van der Waals surface area contributed by atoms with Crippen LogP contribution in [-0.2, 0) is 4.79 Å². The highest BCUT2D eigenvalue weighted by atomic mass is 16.2. The maximum atomic E-state index is 11.2. The summed E-state index contributed by atoms with van der Waals surface area (Å²) in [6, 6.07) is 0. The Hall–Kier alpha value is -1.10. The number of hydrazine groups is 1. The van der Waals surface area contributed by atoms with Crippen molar-refractivity contribution < 1.29 is 4.79 Å². The molecule has 0 aliphatic carbocycles. The number of rotatable bonds is 4. The molecule has 0 atom stereocenters. The number of hydrogen-bond acceptors (Lipinski definition) is 4. The van der Waals surface area contributed by atoms with Crippen molar-refractivity contribution in [2.75, 3.05) is 28.2 Å². The molecule has 0 saturated carbocycles. The SMILES string of the molecule is CC(CC(=O)NN(C)C)=NN(C)C. The van der Waals surface area contributed by atoms with Crippen LogP contribution in [0.4, 0.5) is 0 Å². The lowest BCUT2D eigenvalue weighted by Crippen LogP contribution is -2.37. The summed E-state index contributed by atoms with van der Waals surface area (Å²) in [5.74, 6) is -0.0481. The summed E-state index contributed by atoms with van der Waals surface area (Å²) in [5.41, 5.74) is 3.44. The topological polar surface area (TPSA) is 47.9 Å². The third-order valence-corrected chi connectivity index (χ3v) is 1.14. The van der Waals surface area contributed by atoms with E-state index in [0.29, 0.717) is 6.42 Å². The molecule has 0 unspecified atom stereocenters. The fraction of sp³-hybridized carbons (Fsp3) is 0.750. The number of nitrogens with one attached hydrogen (secondary N) is 1. The van der Waals surface area contributed by atoms with Gasteiger partial charge in [0.15, 0.2) is 0 Å². The summed E-state index contributed by atoms with van der Waals surface area (Å²) in [7, 11) is 7.20. The molecule has 1 N–H and O–H groups in total. The summed E-state index contributed by atoms with van der Waals surface area (Å²) in [5, 5.41) is 7.39. The van der Waals surface area contributed by atoms with Crippen LogP contribution < -0.4 is 5.43 Å². The second kappa shape index (κ2) is 5.53. The molecule has 0 bridgehead atoms. The van der Waals surface area contributed by atoms with Crippen LogP contribution in [0.15, 0.2) is 5.10 Å². The van der Waals surface area contributed by atoms with E-state index in [1.165, 1.54) is 0 Å². The number of amides is 1. The summed E-state index contributed by atoms with van der Waals surface area (Å²) in [6.45, 7) is 1.83. The van der Waals surface area contributed by atoms with Gasteiger partial charge in [-0.25, -0.2) is 5.01 Å². The Morgan fingerprint density at radius 2 is 1.85 bits per heavy atom. The lowest BCUT2D eigenvalue weighted by molar-refractivity contribution is -0.123. The molecular weight excluding hydrogens is 168 g/mol. The van der Waals surface area contributed by atoms with Gasteiger partial charge in [-0.2, -0.15) is 5.10 Å². The Labute approximate surface area is 79.4 Å². The van der Waals surface area contributed by atoms with Gasteiger partial charge in [0.05, 0.1) is 6.42 Å². The van der Waals surface area contributed by atoms with Crippen molar-refractivity contribution in [2.45, 2.75) is 13.3 Å². The Morgan fingerprint density at radius 1 is 1.31 bits per heavy atom. The van der Waals surface area contributed by atoms with E-state index in [4.69, 9.17) is 0 Å². The molecule has 0 saturated heterocycles. The number of nitrogens with zero attached hydrogens (tertiary/aromatic N) is 3. The summed E-state index contributed by atoms with van der Waals surface area (Å²) < 4.78 is 0. The molecule has 5 heteroatoms. The average molecular weight is 186 g/mol. The molecule has 0 fully saturated rings. The van der Waals surface area contributed by atoms with E-state index in [1.54, 1.807) is 24.1 Å². The minimum absolute atomic E-state index is 0.0481. The second-order valence-electron chi connectivity index (χ2n) is 3.29. The van der Waals surface area contributed by atoms with Gasteiger partial charge in [0, 0.05) is 33.9 Å². The van der Waals surface area contributed by atoms with Gasteiger partial charge in [0.25, 0.3) is 0 Å². The van der Waals surface area contributed by atoms with Gasteiger partial charge in [0.1, 0.15) is 0 Å². The van der Waals surface area contributed by atoms with Crippen LogP contribution in [0, 0.1) is 0 Å². The Bertz CT molecular complexity index is 198. The van der Waals surface area contributed by atoms with Crippen molar-refractivity contribution in [3.8, 4) is 0 Å². The van der Waals surface area contributed by atoms with Crippen molar-refractivity contribution in [2.24, 2.45) is 5.10 Å². The molecule has 5 nitrogen and oxygen atoms in total. The minimum Gasteiger partial charge on any atom is -0.303 e. The van der Waals surface area contributed by atoms with E-state index >= 15 is 0 Å². The van der Waals surface area contributed by atoms with Crippen LogP contribution >= 0.6 is 0 Å². The molecular formula is C8H18N4O. The molecule has 0 aromatic carbocycles. The molecule has 1 amide bonds. The first kappa shape index (κ1) is 11.9. The zero-order valence-electron chi connectivity index (χ0n) is 8.96. The summed E-state index contributed by atoms with van der Waals surface area (Å²) >= 11 is 0. The van der Waals surface area contributed by atoms with Gasteiger partial charge in [-0.3, -0.25) is 10.2 Å². The average Bonchev–Trinajstić information content (AvgIpc) is 1.80. The highest BCUT2D eigenvalue weighted by Crippen LogP contribution is 1.88. The van der Waals surface area contributed by atoms with E-state index < -0.39 is 0 Å². The quantitative estimate of drug-likeness (QED) is 0.493. The van der Waals surface area contributed by atoms with Crippen molar-refractivity contribution in [3.63, 3.8) is 0 Å². The van der Waals surface area contributed by atoms with Gasteiger partial charge >= 0.3 is 0 Å². The molecule has 0 heterocycles. The number of hydrogen-bond donors (Lipinski definition) is 1. The molecule has 0 aliphatic heterocycles. The Kier molecular flexibility index (Phi) is 5.06. The molecule has 0 rings (SSSR count). The molecule has 0 radical (unpaired) electrons. The molecule has 0 aliphatic rings. The first-order valence-corrected chi connectivity index (χ1v) is 4.10. The first-order chi connectivity index (χ1) is 5.91. The predicted molar refractivity (Wildman–Crippen MR) is 53.2 cm³/mol. The molecule has 0 aromatic heterocycles. The molecule has 13 heavy (non-hydrogen) atoms. The number of carbonyl (C=O) groups is 1. The monoisotopic (exact) mass is 186 g/mol. The smallest absolute Gasteiger partial charge is 0.239 e. The highest BCUT2D eigenvalue weighted by Gasteiger charge is 2.03. The van der Waals surface area contributed by atoms with Crippen LogP contribution in [0.5, 0.6) is 0 Å². The zero-order chi connectivity index (χ0) is 10.4. The second-order valence-corrected chi connectivity index (χ2v) is 3.29. The maximum Gasteiger partial charge on any atom is 0.239 e. The third kappa shape index (κ3) is 7.27. The molecule has 0 aromatic rings. The standard InChI is InChI=1S/C8H18N4O/c1-7(9-11(2)3)6-8(13)10-12(4)5/h6H2,1-5H3,(H,10,13). The highest BCUT2D eigenvalue weighted by molar-refractivity contribution is 5.99. The third-order valence-electron chi connectivity index (χ3n) is 1.14. The van der Waals surface area contributed by atoms with Crippen LogP contribution in [0.25, 0.3) is 0 Å². The lowest BCUT2D eigenvalue weighted by Gasteiger charge is -2.12.